The van der Waals surface area contributed by atoms with E-state index >= 15 is 0 Å². The van der Waals surface area contributed by atoms with E-state index < -0.39 is 0 Å². The molecule has 0 saturated carbocycles. The molecule has 0 bridgehead atoms. The van der Waals surface area contributed by atoms with Crippen LogP contribution in [0.15, 0.2) is 163 Å². The van der Waals surface area contributed by atoms with Gasteiger partial charge in [-0.2, -0.15) is 0 Å². The van der Waals surface area contributed by atoms with Crippen LogP contribution in [0.5, 0.6) is 0 Å². The number of imidazole rings is 1. The second-order valence-corrected chi connectivity index (χ2v) is 11.7. The van der Waals surface area contributed by atoms with Crippen molar-refractivity contribution in [3.63, 3.8) is 0 Å². The number of rotatable bonds is 6. The summed E-state index contributed by atoms with van der Waals surface area (Å²) in [4.78, 5) is 10.1. The average molecular weight is 616 g/mol. The van der Waals surface area contributed by atoms with Crippen LogP contribution >= 0.6 is 11.6 Å². The monoisotopic (exact) mass is 615 g/mol. The van der Waals surface area contributed by atoms with Crippen LogP contribution < -0.4 is 10.6 Å². The number of halogens is 1. The van der Waals surface area contributed by atoms with Crippen molar-refractivity contribution in [1.82, 2.24) is 20.0 Å². The van der Waals surface area contributed by atoms with E-state index in [1.54, 1.807) is 0 Å². The number of aliphatic imine (C=N–C) groups is 1. The van der Waals surface area contributed by atoms with Crippen molar-refractivity contribution in [2.24, 2.45) is 4.99 Å². The SMILES string of the molecule is Clc1cc(C2=NC(c3ccccc3)NC(c3cccc(-c4ccccc4)c3)N2)ccc1-c1c(-c2ccccc2)nc2ccccn12. The summed E-state index contributed by atoms with van der Waals surface area (Å²) in [6.45, 7) is 0. The van der Waals surface area contributed by atoms with Gasteiger partial charge in [0.1, 0.15) is 23.8 Å². The zero-order valence-electron chi connectivity index (χ0n) is 24.9. The summed E-state index contributed by atoms with van der Waals surface area (Å²) in [6.07, 6.45) is 1.61. The van der Waals surface area contributed by atoms with Crippen LogP contribution in [-0.4, -0.2) is 15.2 Å². The highest BCUT2D eigenvalue weighted by atomic mass is 35.5. The molecule has 0 amide bonds. The van der Waals surface area contributed by atoms with Crippen molar-refractivity contribution in [3.05, 3.63) is 180 Å². The molecule has 0 radical (unpaired) electrons. The molecular weight excluding hydrogens is 586 g/mol. The minimum Gasteiger partial charge on any atom is -0.350 e. The Kier molecular flexibility index (Phi) is 7.39. The molecule has 2 aromatic heterocycles. The minimum absolute atomic E-state index is 0.178. The van der Waals surface area contributed by atoms with E-state index in [0.29, 0.717) is 5.02 Å². The van der Waals surface area contributed by atoms with E-state index in [-0.39, 0.29) is 12.3 Å². The number of amidine groups is 1. The van der Waals surface area contributed by atoms with Crippen LogP contribution in [0.2, 0.25) is 5.02 Å². The number of pyridine rings is 1. The lowest BCUT2D eigenvalue weighted by Gasteiger charge is -2.32. The fourth-order valence-corrected chi connectivity index (χ4v) is 6.39. The van der Waals surface area contributed by atoms with Crippen LogP contribution in [0.25, 0.3) is 39.3 Å². The van der Waals surface area contributed by atoms with Crippen molar-refractivity contribution in [2.75, 3.05) is 0 Å². The number of hydrogen-bond acceptors (Lipinski definition) is 4. The standard InChI is InChI=1S/C40H30ClN5/c41-34-26-32(22-23-33(34)37-36(28-15-6-2-7-16-28)42-35-21-10-11-24-46(35)37)40-44-38(29-17-8-3-9-18-29)43-39(45-40)31-20-12-19-30(25-31)27-13-4-1-5-14-27/h1-26,38-39,43H,(H,44,45). The summed E-state index contributed by atoms with van der Waals surface area (Å²) < 4.78 is 2.10. The Bertz CT molecular complexity index is 2170. The molecule has 3 heterocycles. The van der Waals surface area contributed by atoms with Gasteiger partial charge >= 0.3 is 0 Å². The Hall–Kier alpha value is -5.49. The minimum atomic E-state index is -0.246. The molecule has 222 valence electrons. The molecule has 2 unspecified atom stereocenters. The van der Waals surface area contributed by atoms with E-state index in [0.717, 1.165) is 56.3 Å². The Morgan fingerprint density at radius 2 is 1.26 bits per heavy atom. The first kappa shape index (κ1) is 28.0. The van der Waals surface area contributed by atoms with Crippen molar-refractivity contribution < 1.29 is 0 Å². The molecule has 1 aliphatic heterocycles. The van der Waals surface area contributed by atoms with Gasteiger partial charge in [-0.25, -0.2) is 9.98 Å². The number of aromatic nitrogens is 2. The molecule has 2 atom stereocenters. The lowest BCUT2D eigenvalue weighted by Crippen LogP contribution is -2.45. The van der Waals surface area contributed by atoms with Gasteiger partial charge in [-0.3, -0.25) is 9.72 Å². The third-order valence-electron chi connectivity index (χ3n) is 8.38. The number of nitrogens with zero attached hydrogens (tertiary/aromatic N) is 3. The van der Waals surface area contributed by atoms with Crippen LogP contribution in [0.4, 0.5) is 0 Å². The molecule has 0 fully saturated rings. The maximum absolute atomic E-state index is 7.16. The quantitative estimate of drug-likeness (QED) is 0.196. The highest BCUT2D eigenvalue weighted by Gasteiger charge is 2.26. The highest BCUT2D eigenvalue weighted by molar-refractivity contribution is 6.34. The van der Waals surface area contributed by atoms with E-state index in [2.05, 4.69) is 100.0 Å². The van der Waals surface area contributed by atoms with Crippen LogP contribution in [-0.2, 0) is 0 Å². The molecule has 5 nitrogen and oxygen atoms in total. The third-order valence-corrected chi connectivity index (χ3v) is 8.69. The van der Waals surface area contributed by atoms with E-state index in [9.17, 15) is 0 Å². The van der Waals surface area contributed by atoms with Gasteiger partial charge < -0.3 is 5.32 Å². The summed E-state index contributed by atoms with van der Waals surface area (Å²) in [7, 11) is 0. The van der Waals surface area contributed by atoms with Crippen molar-refractivity contribution in [3.8, 4) is 33.6 Å². The predicted octanol–water partition coefficient (Wildman–Crippen LogP) is 9.33. The van der Waals surface area contributed by atoms with Gasteiger partial charge in [0, 0.05) is 22.9 Å². The summed E-state index contributed by atoms with van der Waals surface area (Å²) >= 11 is 7.16. The lowest BCUT2D eigenvalue weighted by atomic mass is 10.00. The Morgan fingerprint density at radius 3 is 2.02 bits per heavy atom. The Labute approximate surface area is 272 Å². The van der Waals surface area contributed by atoms with Crippen molar-refractivity contribution >= 4 is 23.1 Å². The van der Waals surface area contributed by atoms with E-state index in [1.165, 1.54) is 5.56 Å². The topological polar surface area (TPSA) is 53.7 Å². The normalized spacial score (nSPS) is 16.2. The molecule has 1 aliphatic rings. The van der Waals surface area contributed by atoms with Crippen LogP contribution in [0.3, 0.4) is 0 Å². The average Bonchev–Trinajstić information content (AvgIpc) is 3.52. The van der Waals surface area contributed by atoms with Gasteiger partial charge in [0.15, 0.2) is 0 Å². The molecule has 0 saturated heterocycles. The molecule has 2 N–H and O–H groups in total. The van der Waals surface area contributed by atoms with Crippen LogP contribution in [0.1, 0.15) is 29.0 Å². The smallest absolute Gasteiger partial charge is 0.137 e. The molecule has 0 aliphatic carbocycles. The van der Waals surface area contributed by atoms with Gasteiger partial charge in [-0.15, -0.1) is 0 Å². The number of fused-ring (bicyclic) bond motifs is 1. The first-order valence-electron chi connectivity index (χ1n) is 15.3. The van der Waals surface area contributed by atoms with Gasteiger partial charge in [-0.1, -0.05) is 139 Å². The lowest BCUT2D eigenvalue weighted by molar-refractivity contribution is 0.409. The van der Waals surface area contributed by atoms with Crippen molar-refractivity contribution in [1.29, 1.82) is 0 Å². The second kappa shape index (κ2) is 12.1. The van der Waals surface area contributed by atoms with Crippen LogP contribution in [0, 0.1) is 0 Å². The van der Waals surface area contributed by atoms with Gasteiger partial charge in [0.2, 0.25) is 0 Å². The predicted molar refractivity (Wildman–Crippen MR) is 188 cm³/mol. The number of hydrogen-bond donors (Lipinski definition) is 2. The molecule has 7 aromatic rings. The number of benzene rings is 5. The van der Waals surface area contributed by atoms with Gasteiger partial charge in [-0.05, 0) is 46.5 Å². The summed E-state index contributed by atoms with van der Waals surface area (Å²) in [5.74, 6) is 0.776. The zero-order valence-corrected chi connectivity index (χ0v) is 25.6. The largest absolute Gasteiger partial charge is 0.350 e. The Balaban J connectivity index is 1.20. The molecule has 6 heteroatoms. The van der Waals surface area contributed by atoms with E-state index in [1.807, 2.05) is 72.9 Å². The molecule has 5 aromatic carbocycles. The van der Waals surface area contributed by atoms with E-state index in [4.69, 9.17) is 21.6 Å². The van der Waals surface area contributed by atoms with Gasteiger partial charge in [0.25, 0.3) is 0 Å². The van der Waals surface area contributed by atoms with Crippen molar-refractivity contribution in [2.45, 2.75) is 12.3 Å². The van der Waals surface area contributed by atoms with Gasteiger partial charge in [0.05, 0.1) is 16.4 Å². The molecule has 46 heavy (non-hydrogen) atoms. The number of nitrogens with one attached hydrogen (secondary N) is 2. The molecular formula is C40H30ClN5. The third kappa shape index (κ3) is 5.36. The summed E-state index contributed by atoms with van der Waals surface area (Å²) in [5, 5.41) is 8.02. The second-order valence-electron chi connectivity index (χ2n) is 11.3. The zero-order chi connectivity index (χ0) is 30.9. The Morgan fingerprint density at radius 1 is 0.587 bits per heavy atom. The molecule has 0 spiro atoms. The maximum Gasteiger partial charge on any atom is 0.137 e. The maximum atomic E-state index is 7.16. The molecule has 8 rings (SSSR count). The summed E-state index contributed by atoms with van der Waals surface area (Å²) in [6, 6.07) is 51.9. The summed E-state index contributed by atoms with van der Waals surface area (Å²) in [5.41, 5.74) is 10.1. The fourth-order valence-electron chi connectivity index (χ4n) is 6.12. The fraction of sp³-hybridized carbons (Fsp3) is 0.0500. The first-order chi connectivity index (χ1) is 22.7. The first-order valence-corrected chi connectivity index (χ1v) is 15.7. The highest BCUT2D eigenvalue weighted by Crippen LogP contribution is 2.37.